The van der Waals surface area contributed by atoms with E-state index in [1.807, 2.05) is 0 Å². The monoisotopic (exact) mass is 262 g/mol. The second kappa shape index (κ2) is 3.13. The van der Waals surface area contributed by atoms with E-state index in [1.54, 1.807) is 0 Å². The van der Waals surface area contributed by atoms with Gasteiger partial charge in [-0.3, -0.25) is 0 Å². The maximum atomic E-state index is 12.0. The molecular formula is C6H6BrF3O3. The van der Waals surface area contributed by atoms with E-state index in [-0.39, 0.29) is 5.33 Å². The van der Waals surface area contributed by atoms with Crippen LogP contribution in [0.15, 0.2) is 0 Å². The zero-order valence-electron chi connectivity index (χ0n) is 6.52. The van der Waals surface area contributed by atoms with E-state index in [0.717, 1.165) is 0 Å². The minimum atomic E-state index is -4.67. The molecule has 7 heteroatoms. The van der Waals surface area contributed by atoms with Gasteiger partial charge >= 0.3 is 18.4 Å². The highest BCUT2D eigenvalue weighted by atomic mass is 79.9. The van der Waals surface area contributed by atoms with Gasteiger partial charge in [0.15, 0.2) is 5.60 Å². The van der Waals surface area contributed by atoms with Crippen LogP contribution in [0.2, 0.25) is 0 Å². The highest BCUT2D eigenvalue weighted by Crippen LogP contribution is 2.35. The van der Waals surface area contributed by atoms with Gasteiger partial charge in [0.2, 0.25) is 0 Å². The number of cyclic esters (lactones) is 1. The standard InChI is InChI=1S/C6H6BrF3O3/c1-5(2-7)3(11)12-4(13-5)6(8,9)10/h4H,2H2,1H3. The fraction of sp³-hybridized carbons (Fsp3) is 0.833. The molecule has 0 aliphatic carbocycles. The third-order valence-electron chi connectivity index (χ3n) is 1.54. The minimum Gasteiger partial charge on any atom is -0.423 e. The Morgan fingerprint density at radius 2 is 2.15 bits per heavy atom. The van der Waals surface area contributed by atoms with Gasteiger partial charge in [0.1, 0.15) is 0 Å². The van der Waals surface area contributed by atoms with Crippen LogP contribution in [0.3, 0.4) is 0 Å². The van der Waals surface area contributed by atoms with Crippen molar-refractivity contribution in [1.29, 1.82) is 0 Å². The van der Waals surface area contributed by atoms with Crippen molar-refractivity contribution in [1.82, 2.24) is 0 Å². The Morgan fingerprint density at radius 1 is 1.62 bits per heavy atom. The number of esters is 1. The largest absolute Gasteiger partial charge is 0.452 e. The molecule has 0 aromatic heterocycles. The highest BCUT2D eigenvalue weighted by molar-refractivity contribution is 9.09. The van der Waals surface area contributed by atoms with Gasteiger partial charge in [0, 0.05) is 5.33 Å². The topological polar surface area (TPSA) is 35.5 Å². The molecule has 2 atom stereocenters. The van der Waals surface area contributed by atoms with Crippen LogP contribution in [-0.4, -0.2) is 29.4 Å². The summed E-state index contributed by atoms with van der Waals surface area (Å²) >= 11 is 2.87. The SMILES string of the molecule is CC1(CBr)OC(C(F)(F)F)OC1=O. The van der Waals surface area contributed by atoms with Crippen LogP contribution in [-0.2, 0) is 14.3 Å². The number of carbonyl (C=O) groups is 1. The summed E-state index contributed by atoms with van der Waals surface area (Å²) in [7, 11) is 0. The predicted octanol–water partition coefficient (Wildman–Crippen LogP) is 1.60. The summed E-state index contributed by atoms with van der Waals surface area (Å²) in [6.45, 7) is 1.23. The number of alkyl halides is 4. The molecule has 1 fully saturated rings. The second-order valence-electron chi connectivity index (χ2n) is 2.76. The molecule has 1 rings (SSSR count). The molecule has 76 valence electrons. The highest BCUT2D eigenvalue weighted by Gasteiger charge is 2.56. The quantitative estimate of drug-likeness (QED) is 0.532. The summed E-state index contributed by atoms with van der Waals surface area (Å²) < 4.78 is 44.4. The Labute approximate surface area is 80.3 Å². The molecule has 0 bridgehead atoms. The summed E-state index contributed by atoms with van der Waals surface area (Å²) in [6.07, 6.45) is -7.11. The molecule has 0 aromatic rings. The van der Waals surface area contributed by atoms with E-state index in [2.05, 4.69) is 25.4 Å². The van der Waals surface area contributed by atoms with Crippen LogP contribution >= 0.6 is 15.9 Å². The van der Waals surface area contributed by atoms with Crippen molar-refractivity contribution >= 4 is 21.9 Å². The lowest BCUT2D eigenvalue weighted by Gasteiger charge is -2.16. The molecule has 1 aliphatic heterocycles. The van der Waals surface area contributed by atoms with Crippen LogP contribution in [0.25, 0.3) is 0 Å². The summed E-state index contributed by atoms with van der Waals surface area (Å²) in [5.74, 6) is -1.01. The van der Waals surface area contributed by atoms with Crippen molar-refractivity contribution in [2.24, 2.45) is 0 Å². The van der Waals surface area contributed by atoms with E-state index in [0.29, 0.717) is 0 Å². The maximum absolute atomic E-state index is 12.0. The van der Waals surface area contributed by atoms with E-state index >= 15 is 0 Å². The molecule has 0 radical (unpaired) electrons. The molecular weight excluding hydrogens is 257 g/mol. The molecule has 0 spiro atoms. The molecule has 0 aromatic carbocycles. The summed E-state index contributed by atoms with van der Waals surface area (Å²) in [5.41, 5.74) is -1.54. The van der Waals surface area contributed by atoms with Crippen LogP contribution in [0.5, 0.6) is 0 Å². The fourth-order valence-corrected chi connectivity index (χ4v) is 1.11. The smallest absolute Gasteiger partial charge is 0.423 e. The predicted molar refractivity (Wildman–Crippen MR) is 39.2 cm³/mol. The Hall–Kier alpha value is -0.300. The van der Waals surface area contributed by atoms with E-state index in [1.165, 1.54) is 6.92 Å². The second-order valence-corrected chi connectivity index (χ2v) is 3.32. The van der Waals surface area contributed by atoms with Crippen molar-refractivity contribution in [2.45, 2.75) is 25.0 Å². The Kier molecular flexibility index (Phi) is 2.59. The number of hydrogen-bond acceptors (Lipinski definition) is 3. The molecule has 13 heavy (non-hydrogen) atoms. The number of hydrogen-bond donors (Lipinski definition) is 0. The van der Waals surface area contributed by atoms with Crippen LogP contribution in [0, 0.1) is 0 Å². The first-order valence-electron chi connectivity index (χ1n) is 3.31. The molecule has 1 saturated heterocycles. The van der Waals surface area contributed by atoms with Gasteiger partial charge in [0.05, 0.1) is 0 Å². The van der Waals surface area contributed by atoms with Gasteiger partial charge in [-0.1, -0.05) is 15.9 Å². The molecule has 0 saturated carbocycles. The lowest BCUT2D eigenvalue weighted by atomic mass is 10.1. The summed E-state index contributed by atoms with van der Waals surface area (Å²) in [5, 5.41) is -0.0363. The van der Waals surface area contributed by atoms with E-state index < -0.39 is 24.0 Å². The van der Waals surface area contributed by atoms with Crippen molar-refractivity contribution in [3.63, 3.8) is 0 Å². The number of carbonyl (C=O) groups excluding carboxylic acids is 1. The Balaban J connectivity index is 2.77. The van der Waals surface area contributed by atoms with Crippen molar-refractivity contribution in [2.75, 3.05) is 5.33 Å². The van der Waals surface area contributed by atoms with Gasteiger partial charge in [-0.15, -0.1) is 0 Å². The van der Waals surface area contributed by atoms with Crippen LogP contribution in [0.4, 0.5) is 13.2 Å². The number of rotatable bonds is 1. The van der Waals surface area contributed by atoms with Gasteiger partial charge in [-0.05, 0) is 6.92 Å². The first-order valence-corrected chi connectivity index (χ1v) is 4.43. The van der Waals surface area contributed by atoms with Crippen molar-refractivity contribution < 1.29 is 27.4 Å². The van der Waals surface area contributed by atoms with Gasteiger partial charge < -0.3 is 9.47 Å². The lowest BCUT2D eigenvalue weighted by molar-refractivity contribution is -0.280. The van der Waals surface area contributed by atoms with Gasteiger partial charge in [-0.25, -0.2) is 4.79 Å². The van der Waals surface area contributed by atoms with Crippen LogP contribution in [0.1, 0.15) is 6.92 Å². The third-order valence-corrected chi connectivity index (χ3v) is 2.61. The molecule has 2 unspecified atom stereocenters. The molecule has 0 amide bonds. The minimum absolute atomic E-state index is 0.0363. The van der Waals surface area contributed by atoms with Crippen LogP contribution < -0.4 is 0 Å². The molecule has 0 N–H and O–H groups in total. The third kappa shape index (κ3) is 1.96. The average molecular weight is 263 g/mol. The molecule has 1 aliphatic rings. The summed E-state index contributed by atoms with van der Waals surface area (Å²) in [6, 6.07) is 0. The maximum Gasteiger partial charge on any atom is 0.452 e. The van der Waals surface area contributed by atoms with Crippen molar-refractivity contribution in [3.8, 4) is 0 Å². The zero-order chi connectivity index (χ0) is 10.3. The van der Waals surface area contributed by atoms with Gasteiger partial charge in [-0.2, -0.15) is 13.2 Å². The number of halogens is 4. The lowest BCUT2D eigenvalue weighted by Crippen LogP contribution is -2.36. The normalized spacial score (nSPS) is 34.8. The first-order chi connectivity index (χ1) is 5.79. The van der Waals surface area contributed by atoms with E-state index in [4.69, 9.17) is 0 Å². The molecule has 1 heterocycles. The summed E-state index contributed by atoms with van der Waals surface area (Å²) in [4.78, 5) is 10.9. The first kappa shape index (κ1) is 10.8. The Bertz CT molecular complexity index is 230. The van der Waals surface area contributed by atoms with Crippen molar-refractivity contribution in [3.05, 3.63) is 0 Å². The average Bonchev–Trinajstić information content (AvgIpc) is 2.29. The van der Waals surface area contributed by atoms with Gasteiger partial charge in [0.25, 0.3) is 0 Å². The zero-order valence-corrected chi connectivity index (χ0v) is 8.11. The Morgan fingerprint density at radius 3 is 2.38 bits per heavy atom. The number of ether oxygens (including phenoxy) is 2. The molecule has 3 nitrogen and oxygen atoms in total. The van der Waals surface area contributed by atoms with E-state index in [9.17, 15) is 18.0 Å². The fourth-order valence-electron chi connectivity index (χ4n) is 0.750.